The summed E-state index contributed by atoms with van der Waals surface area (Å²) in [5.74, 6) is 0.133. The van der Waals surface area contributed by atoms with E-state index < -0.39 is 0 Å². The molecule has 4 nitrogen and oxygen atoms in total. The molecule has 0 aliphatic carbocycles. The van der Waals surface area contributed by atoms with E-state index >= 15 is 0 Å². The normalized spacial score (nSPS) is 11.2. The highest BCUT2D eigenvalue weighted by molar-refractivity contribution is 9.10. The van der Waals surface area contributed by atoms with E-state index in [0.29, 0.717) is 17.9 Å². The third-order valence-corrected chi connectivity index (χ3v) is 4.78. The minimum Gasteiger partial charge on any atom is -0.451 e. The standard InChI is InChI=1S/C19H15BrN2O2/c20-15-5-3-7-17-14(15)10-18(24-17)19(23)21-9-8-12-11-22-16-6-2-1-4-13(12)16/h1-7,10-11,22H,8-9H2,(H,21,23). The van der Waals surface area contributed by atoms with Gasteiger partial charge in [-0.3, -0.25) is 4.79 Å². The van der Waals surface area contributed by atoms with Gasteiger partial charge < -0.3 is 14.7 Å². The van der Waals surface area contributed by atoms with Gasteiger partial charge in [0.2, 0.25) is 0 Å². The molecule has 2 N–H and O–H groups in total. The maximum atomic E-state index is 12.3. The van der Waals surface area contributed by atoms with Crippen molar-refractivity contribution in [1.29, 1.82) is 0 Å². The van der Waals surface area contributed by atoms with Crippen molar-refractivity contribution in [2.45, 2.75) is 6.42 Å². The van der Waals surface area contributed by atoms with Gasteiger partial charge in [-0.1, -0.05) is 40.2 Å². The van der Waals surface area contributed by atoms with Crippen LogP contribution in [0.25, 0.3) is 21.9 Å². The van der Waals surface area contributed by atoms with E-state index in [4.69, 9.17) is 4.42 Å². The van der Waals surface area contributed by atoms with Gasteiger partial charge in [0.1, 0.15) is 5.58 Å². The van der Waals surface area contributed by atoms with Gasteiger partial charge in [0.05, 0.1) is 0 Å². The van der Waals surface area contributed by atoms with Crippen LogP contribution in [0.5, 0.6) is 0 Å². The lowest BCUT2D eigenvalue weighted by Gasteiger charge is -2.02. The molecule has 0 radical (unpaired) electrons. The van der Waals surface area contributed by atoms with E-state index in [1.54, 1.807) is 6.07 Å². The van der Waals surface area contributed by atoms with Gasteiger partial charge >= 0.3 is 0 Å². The molecule has 1 amide bonds. The molecule has 0 saturated heterocycles. The van der Waals surface area contributed by atoms with Gasteiger partial charge in [0, 0.05) is 33.5 Å². The lowest BCUT2D eigenvalue weighted by Crippen LogP contribution is -2.25. The summed E-state index contributed by atoms with van der Waals surface area (Å²) in [6.07, 6.45) is 2.76. The molecule has 2 aromatic heterocycles. The third-order valence-electron chi connectivity index (χ3n) is 4.09. The highest BCUT2D eigenvalue weighted by Gasteiger charge is 2.13. The van der Waals surface area contributed by atoms with Crippen LogP contribution >= 0.6 is 15.9 Å². The molecule has 0 fully saturated rings. The van der Waals surface area contributed by atoms with Crippen molar-refractivity contribution in [2.24, 2.45) is 0 Å². The Labute approximate surface area is 147 Å². The van der Waals surface area contributed by atoms with Gasteiger partial charge in [0.15, 0.2) is 5.76 Å². The number of hydrogen-bond donors (Lipinski definition) is 2. The molecular weight excluding hydrogens is 368 g/mol. The molecule has 0 spiro atoms. The number of benzene rings is 2. The lowest BCUT2D eigenvalue weighted by atomic mass is 10.1. The van der Waals surface area contributed by atoms with Crippen molar-refractivity contribution in [1.82, 2.24) is 10.3 Å². The fraction of sp³-hybridized carbons (Fsp3) is 0.105. The van der Waals surface area contributed by atoms with Crippen molar-refractivity contribution in [3.63, 3.8) is 0 Å². The van der Waals surface area contributed by atoms with E-state index in [2.05, 4.69) is 32.3 Å². The van der Waals surface area contributed by atoms with Crippen LogP contribution in [0.3, 0.4) is 0 Å². The summed E-state index contributed by atoms with van der Waals surface area (Å²) in [4.78, 5) is 15.5. The Kier molecular flexibility index (Phi) is 3.86. The summed E-state index contributed by atoms with van der Waals surface area (Å²) in [7, 11) is 0. The number of H-pyrrole nitrogens is 1. The zero-order valence-corrected chi connectivity index (χ0v) is 14.4. The predicted octanol–water partition coefficient (Wildman–Crippen LogP) is 4.65. The zero-order valence-electron chi connectivity index (χ0n) is 12.8. The first-order chi connectivity index (χ1) is 11.7. The summed E-state index contributed by atoms with van der Waals surface area (Å²) >= 11 is 3.47. The maximum absolute atomic E-state index is 12.3. The molecule has 5 heteroatoms. The first-order valence-electron chi connectivity index (χ1n) is 7.73. The van der Waals surface area contributed by atoms with Crippen LogP contribution in [0, 0.1) is 0 Å². The van der Waals surface area contributed by atoms with Crippen LogP contribution < -0.4 is 5.32 Å². The molecule has 4 rings (SSSR count). The average molecular weight is 383 g/mol. The molecule has 2 heterocycles. The zero-order chi connectivity index (χ0) is 16.5. The molecule has 2 aromatic carbocycles. The number of furan rings is 1. The number of amides is 1. The van der Waals surface area contributed by atoms with Gasteiger partial charge in [-0.25, -0.2) is 0 Å². The van der Waals surface area contributed by atoms with E-state index in [0.717, 1.165) is 21.8 Å². The summed E-state index contributed by atoms with van der Waals surface area (Å²) in [5.41, 5.74) is 3.00. The van der Waals surface area contributed by atoms with E-state index in [1.165, 1.54) is 10.9 Å². The number of nitrogens with one attached hydrogen (secondary N) is 2. The summed E-state index contributed by atoms with van der Waals surface area (Å²) in [6.45, 7) is 0.554. The van der Waals surface area contributed by atoms with Crippen molar-refractivity contribution >= 4 is 43.7 Å². The first kappa shape index (κ1) is 15.0. The number of carbonyl (C=O) groups is 1. The second-order valence-electron chi connectivity index (χ2n) is 5.63. The molecule has 0 saturated carbocycles. The van der Waals surface area contributed by atoms with E-state index in [1.807, 2.05) is 42.6 Å². The number of fused-ring (bicyclic) bond motifs is 2. The topological polar surface area (TPSA) is 58.0 Å². The Morgan fingerprint density at radius 1 is 1.12 bits per heavy atom. The molecule has 0 aliphatic rings. The SMILES string of the molecule is O=C(NCCc1c[nH]c2ccccc12)c1cc2c(Br)cccc2o1. The molecule has 0 aliphatic heterocycles. The maximum Gasteiger partial charge on any atom is 0.287 e. The largest absolute Gasteiger partial charge is 0.451 e. The fourth-order valence-corrected chi connectivity index (χ4v) is 3.34. The number of aromatic amines is 1. The van der Waals surface area contributed by atoms with Gasteiger partial charge in [-0.05, 0) is 36.2 Å². The molecule has 120 valence electrons. The Hall–Kier alpha value is -2.53. The van der Waals surface area contributed by atoms with Crippen LogP contribution in [-0.4, -0.2) is 17.4 Å². The minimum absolute atomic E-state index is 0.196. The average Bonchev–Trinajstić information content (AvgIpc) is 3.20. The van der Waals surface area contributed by atoms with Crippen LogP contribution in [0.15, 0.2) is 63.6 Å². The molecule has 0 bridgehead atoms. The van der Waals surface area contributed by atoms with Gasteiger partial charge in [-0.15, -0.1) is 0 Å². The smallest absolute Gasteiger partial charge is 0.287 e. The number of hydrogen-bond acceptors (Lipinski definition) is 2. The highest BCUT2D eigenvalue weighted by Crippen LogP contribution is 2.26. The number of rotatable bonds is 4. The van der Waals surface area contributed by atoms with Crippen molar-refractivity contribution in [2.75, 3.05) is 6.54 Å². The first-order valence-corrected chi connectivity index (χ1v) is 8.53. The van der Waals surface area contributed by atoms with Crippen LogP contribution in [0.2, 0.25) is 0 Å². The van der Waals surface area contributed by atoms with Gasteiger partial charge in [-0.2, -0.15) is 0 Å². The Morgan fingerprint density at radius 3 is 2.88 bits per heavy atom. The summed E-state index contributed by atoms with van der Waals surface area (Å²) < 4.78 is 6.54. The molecule has 4 aromatic rings. The molecule has 24 heavy (non-hydrogen) atoms. The fourth-order valence-electron chi connectivity index (χ4n) is 2.87. The van der Waals surface area contributed by atoms with Crippen molar-refractivity contribution in [3.8, 4) is 0 Å². The predicted molar refractivity (Wildman–Crippen MR) is 98.2 cm³/mol. The van der Waals surface area contributed by atoms with Crippen LogP contribution in [0.4, 0.5) is 0 Å². The van der Waals surface area contributed by atoms with Crippen molar-refractivity contribution in [3.05, 3.63) is 70.5 Å². The minimum atomic E-state index is -0.196. The van der Waals surface area contributed by atoms with Gasteiger partial charge in [0.25, 0.3) is 5.91 Å². The Balaban J connectivity index is 1.45. The monoisotopic (exact) mass is 382 g/mol. The van der Waals surface area contributed by atoms with E-state index in [9.17, 15) is 4.79 Å². The highest BCUT2D eigenvalue weighted by atomic mass is 79.9. The number of aromatic nitrogens is 1. The molecule has 0 unspecified atom stereocenters. The number of para-hydroxylation sites is 1. The Bertz CT molecular complexity index is 1030. The Morgan fingerprint density at radius 2 is 2.00 bits per heavy atom. The molecule has 0 atom stereocenters. The molecular formula is C19H15BrN2O2. The summed E-state index contributed by atoms with van der Waals surface area (Å²) in [5, 5.41) is 5.02. The second-order valence-corrected chi connectivity index (χ2v) is 6.48. The van der Waals surface area contributed by atoms with E-state index in [-0.39, 0.29) is 5.91 Å². The second kappa shape index (κ2) is 6.17. The third kappa shape index (κ3) is 2.71. The summed E-state index contributed by atoms with van der Waals surface area (Å²) in [6, 6.07) is 15.6. The quantitative estimate of drug-likeness (QED) is 0.539. The number of carbonyl (C=O) groups excluding carboxylic acids is 1. The lowest BCUT2D eigenvalue weighted by molar-refractivity contribution is 0.0928. The van der Waals surface area contributed by atoms with Crippen LogP contribution in [0.1, 0.15) is 16.1 Å². The van der Waals surface area contributed by atoms with Crippen LogP contribution in [-0.2, 0) is 6.42 Å². The number of halogens is 1. The van der Waals surface area contributed by atoms with Crippen molar-refractivity contribution < 1.29 is 9.21 Å².